The molecule has 0 N–H and O–H groups in total. The average Bonchev–Trinajstić information content (AvgIpc) is 2.79. The fraction of sp³-hybridized carbons (Fsp3) is 0.176. The minimum atomic E-state index is 0.289. The maximum Gasteiger partial charge on any atom is 0.0733 e. The van der Waals surface area contributed by atoms with Crippen LogP contribution in [0.25, 0.3) is 21.8 Å². The van der Waals surface area contributed by atoms with E-state index in [0.717, 1.165) is 13.0 Å². The smallest absolute Gasteiger partial charge is 0.0733 e. The number of nitrogens with zero attached hydrogens (tertiary/aromatic N) is 1. The Kier molecular flexibility index (Phi) is 3.48. The number of halogens is 1. The van der Waals surface area contributed by atoms with Crippen LogP contribution >= 0.6 is 22.6 Å². The van der Waals surface area contributed by atoms with Crippen molar-refractivity contribution in [2.24, 2.45) is 0 Å². The molecule has 94 valence electrons. The van der Waals surface area contributed by atoms with Gasteiger partial charge in [0.1, 0.15) is 0 Å². The molecule has 0 saturated carbocycles. The van der Waals surface area contributed by atoms with Crippen molar-refractivity contribution in [3.8, 4) is 12.3 Å². The zero-order valence-corrected chi connectivity index (χ0v) is 12.7. The lowest BCUT2D eigenvalue weighted by Gasteiger charge is -2.08. The molecule has 1 nitrogen and oxygen atoms in total. The van der Waals surface area contributed by atoms with Gasteiger partial charge in [-0.1, -0.05) is 64.9 Å². The molecule has 0 fully saturated rings. The summed E-state index contributed by atoms with van der Waals surface area (Å²) in [6.45, 7) is 0.964. The molecule has 19 heavy (non-hydrogen) atoms. The molecule has 2 heteroatoms. The molecule has 0 aliphatic carbocycles. The lowest BCUT2D eigenvalue weighted by atomic mass is 10.2. The fourth-order valence-electron chi connectivity index (χ4n) is 2.57. The maximum absolute atomic E-state index is 5.47. The van der Waals surface area contributed by atoms with E-state index < -0.39 is 0 Å². The summed E-state index contributed by atoms with van der Waals surface area (Å²) in [5.41, 5.74) is 2.59. The second kappa shape index (κ2) is 5.26. The molecule has 3 aromatic rings. The van der Waals surface area contributed by atoms with Gasteiger partial charge in [0.05, 0.1) is 3.92 Å². The number of benzene rings is 2. The van der Waals surface area contributed by atoms with Gasteiger partial charge in [0.25, 0.3) is 0 Å². The van der Waals surface area contributed by atoms with E-state index in [9.17, 15) is 0 Å². The third-order valence-electron chi connectivity index (χ3n) is 3.47. The minimum absolute atomic E-state index is 0.289. The van der Waals surface area contributed by atoms with Crippen LogP contribution in [0.3, 0.4) is 0 Å². The summed E-state index contributed by atoms with van der Waals surface area (Å²) in [6, 6.07) is 17.2. The summed E-state index contributed by atoms with van der Waals surface area (Å²) in [5.74, 6) is 2.80. The molecule has 2 aromatic carbocycles. The molecule has 0 aliphatic heterocycles. The van der Waals surface area contributed by atoms with E-state index in [2.05, 4.69) is 81.6 Å². The first-order valence-electron chi connectivity index (χ1n) is 6.37. The molecule has 0 aliphatic rings. The van der Waals surface area contributed by atoms with Gasteiger partial charge < -0.3 is 4.57 Å². The molecular formula is C17H14IN. The van der Waals surface area contributed by atoms with Gasteiger partial charge in [-0.25, -0.2) is 0 Å². The molecule has 0 spiro atoms. The van der Waals surface area contributed by atoms with Gasteiger partial charge in [0, 0.05) is 28.4 Å². The highest BCUT2D eigenvalue weighted by atomic mass is 127. The van der Waals surface area contributed by atoms with Gasteiger partial charge >= 0.3 is 0 Å². The van der Waals surface area contributed by atoms with Crippen LogP contribution in [-0.4, -0.2) is 8.49 Å². The SMILES string of the molecule is C#CC(I)CCn1c2ccccc2c2ccccc21. The number of fused-ring (bicyclic) bond motifs is 3. The quantitative estimate of drug-likeness (QED) is 0.365. The average molecular weight is 359 g/mol. The first kappa shape index (κ1) is 12.6. The largest absolute Gasteiger partial charge is 0.340 e. The van der Waals surface area contributed by atoms with Crippen molar-refractivity contribution in [1.82, 2.24) is 4.57 Å². The van der Waals surface area contributed by atoms with Crippen LogP contribution in [0.1, 0.15) is 6.42 Å². The van der Waals surface area contributed by atoms with Crippen LogP contribution in [0.15, 0.2) is 48.5 Å². The van der Waals surface area contributed by atoms with Crippen LogP contribution in [0.4, 0.5) is 0 Å². The minimum Gasteiger partial charge on any atom is -0.340 e. The summed E-state index contributed by atoms with van der Waals surface area (Å²) >= 11 is 2.33. The van der Waals surface area contributed by atoms with Gasteiger partial charge in [-0.2, -0.15) is 0 Å². The molecular weight excluding hydrogens is 345 g/mol. The lowest BCUT2D eigenvalue weighted by Crippen LogP contribution is -2.03. The zero-order chi connectivity index (χ0) is 13.2. The van der Waals surface area contributed by atoms with Gasteiger partial charge in [-0.05, 0) is 18.6 Å². The molecule has 1 atom stereocenters. The second-order valence-electron chi connectivity index (χ2n) is 4.61. The Morgan fingerprint density at radius 2 is 1.53 bits per heavy atom. The summed E-state index contributed by atoms with van der Waals surface area (Å²) < 4.78 is 2.67. The highest BCUT2D eigenvalue weighted by molar-refractivity contribution is 14.1. The molecule has 1 unspecified atom stereocenters. The van der Waals surface area contributed by atoms with Crippen LogP contribution in [0, 0.1) is 12.3 Å². The normalized spacial score (nSPS) is 12.6. The van der Waals surface area contributed by atoms with Gasteiger partial charge in [0.2, 0.25) is 0 Å². The topological polar surface area (TPSA) is 4.93 Å². The van der Waals surface area contributed by atoms with E-state index in [0.29, 0.717) is 0 Å². The summed E-state index contributed by atoms with van der Waals surface area (Å²) in [4.78, 5) is 0. The molecule has 1 aromatic heterocycles. The standard InChI is InChI=1S/C17H14IN/c1-2-13(18)11-12-19-16-9-5-3-7-14(16)15-8-4-6-10-17(15)19/h1,3-10,13H,11-12H2. The van der Waals surface area contributed by atoms with E-state index in [1.807, 2.05) is 0 Å². The molecule has 0 amide bonds. The monoisotopic (exact) mass is 359 g/mol. The predicted octanol–water partition coefficient (Wildman–Crippen LogP) is 4.62. The first-order chi connectivity index (χ1) is 9.31. The van der Waals surface area contributed by atoms with Gasteiger partial charge in [-0.15, -0.1) is 6.42 Å². The van der Waals surface area contributed by atoms with E-state index in [-0.39, 0.29) is 3.92 Å². The van der Waals surface area contributed by atoms with Crippen molar-refractivity contribution in [3.05, 3.63) is 48.5 Å². The Labute approximate surface area is 126 Å². The highest BCUT2D eigenvalue weighted by Crippen LogP contribution is 2.29. The zero-order valence-electron chi connectivity index (χ0n) is 10.5. The Hall–Kier alpha value is -1.47. The third kappa shape index (κ3) is 2.23. The Morgan fingerprint density at radius 3 is 2.05 bits per heavy atom. The van der Waals surface area contributed by atoms with E-state index >= 15 is 0 Å². The van der Waals surface area contributed by atoms with Crippen molar-refractivity contribution >= 4 is 44.4 Å². The van der Waals surface area contributed by atoms with Crippen molar-refractivity contribution in [2.45, 2.75) is 16.9 Å². The number of aromatic nitrogens is 1. The summed E-state index contributed by atoms with van der Waals surface area (Å²) in [6.07, 6.45) is 6.47. The maximum atomic E-state index is 5.47. The highest BCUT2D eigenvalue weighted by Gasteiger charge is 2.10. The molecule has 0 radical (unpaired) electrons. The number of terminal acetylenes is 1. The predicted molar refractivity (Wildman–Crippen MR) is 90.7 cm³/mol. The number of hydrogen-bond acceptors (Lipinski definition) is 0. The van der Waals surface area contributed by atoms with E-state index in [4.69, 9.17) is 6.42 Å². The number of alkyl halides is 1. The summed E-state index contributed by atoms with van der Waals surface area (Å²) in [7, 11) is 0. The van der Waals surface area contributed by atoms with Crippen LogP contribution in [0.2, 0.25) is 0 Å². The Balaban J connectivity index is 2.17. The Morgan fingerprint density at radius 1 is 1.00 bits per heavy atom. The first-order valence-corrected chi connectivity index (χ1v) is 7.62. The Bertz CT molecular complexity index is 710. The number of para-hydroxylation sites is 2. The number of hydrogen-bond donors (Lipinski definition) is 0. The van der Waals surface area contributed by atoms with E-state index in [1.165, 1.54) is 21.8 Å². The van der Waals surface area contributed by atoms with Crippen molar-refractivity contribution < 1.29 is 0 Å². The third-order valence-corrected chi connectivity index (χ3v) is 4.45. The molecule has 0 bridgehead atoms. The summed E-state index contributed by atoms with van der Waals surface area (Å²) in [5, 5.41) is 2.65. The number of rotatable bonds is 3. The van der Waals surface area contributed by atoms with E-state index in [1.54, 1.807) is 0 Å². The molecule has 1 heterocycles. The van der Waals surface area contributed by atoms with Crippen molar-refractivity contribution in [2.75, 3.05) is 0 Å². The second-order valence-corrected chi connectivity index (χ2v) is 6.11. The molecule has 0 saturated heterocycles. The molecule has 3 rings (SSSR count). The van der Waals surface area contributed by atoms with Crippen LogP contribution < -0.4 is 0 Å². The van der Waals surface area contributed by atoms with Crippen LogP contribution in [-0.2, 0) is 6.54 Å². The van der Waals surface area contributed by atoms with Crippen molar-refractivity contribution in [1.29, 1.82) is 0 Å². The lowest BCUT2D eigenvalue weighted by molar-refractivity contribution is 0.710. The number of aryl methyl sites for hydroxylation is 1. The fourth-order valence-corrected chi connectivity index (χ4v) is 2.85. The van der Waals surface area contributed by atoms with Crippen molar-refractivity contribution in [3.63, 3.8) is 0 Å². The van der Waals surface area contributed by atoms with Gasteiger partial charge in [0.15, 0.2) is 0 Å². The van der Waals surface area contributed by atoms with Crippen LogP contribution in [0.5, 0.6) is 0 Å². The van der Waals surface area contributed by atoms with Gasteiger partial charge in [-0.3, -0.25) is 0 Å².